The van der Waals surface area contributed by atoms with Crippen molar-refractivity contribution in [3.8, 4) is 0 Å². The second kappa shape index (κ2) is 3.63. The number of aromatic nitrogens is 1. The molecule has 4 nitrogen and oxygen atoms in total. The molecule has 0 spiro atoms. The maximum Gasteiger partial charge on any atom is 0.216 e. The van der Waals surface area contributed by atoms with Gasteiger partial charge < -0.3 is 10.2 Å². The lowest BCUT2D eigenvalue weighted by Crippen LogP contribution is -2.01. The van der Waals surface area contributed by atoms with Gasteiger partial charge in [0.1, 0.15) is 11.7 Å². The Morgan fingerprint density at radius 3 is 3.00 bits per heavy atom. The van der Waals surface area contributed by atoms with Gasteiger partial charge in [0, 0.05) is 5.38 Å². The number of thiazole rings is 1. The maximum absolute atomic E-state index is 10.8. The first kappa shape index (κ1) is 8.96. The molecule has 2 aromatic rings. The number of nitrogens with two attached hydrogens (primary N) is 1. The van der Waals surface area contributed by atoms with Crippen molar-refractivity contribution in [3.05, 3.63) is 35.2 Å². The zero-order valence-electron chi connectivity index (χ0n) is 7.14. The van der Waals surface area contributed by atoms with Gasteiger partial charge in [0.05, 0.1) is 12.0 Å². The first-order chi connectivity index (χ1) is 6.81. The maximum atomic E-state index is 10.8. The van der Waals surface area contributed by atoms with E-state index in [1.165, 1.54) is 17.6 Å². The third-order valence-electron chi connectivity index (χ3n) is 1.78. The highest BCUT2D eigenvalue weighted by Gasteiger charge is 2.19. The third-order valence-corrected chi connectivity index (χ3v) is 2.47. The molecule has 0 aliphatic carbocycles. The lowest BCUT2D eigenvalue weighted by molar-refractivity contribution is 0.492. The smallest absolute Gasteiger partial charge is 0.216 e. The average Bonchev–Trinajstić information content (AvgIpc) is 2.79. The molecule has 0 saturated heterocycles. The quantitative estimate of drug-likeness (QED) is 0.829. The molecule has 1 unspecified atom stereocenters. The van der Waals surface area contributed by atoms with Gasteiger partial charge in [-0.05, 0) is 12.1 Å². The predicted octanol–water partition coefficient (Wildman–Crippen LogP) is 1.56. The van der Waals surface area contributed by atoms with Crippen LogP contribution < -0.4 is 5.73 Å². The van der Waals surface area contributed by atoms with Gasteiger partial charge in [-0.2, -0.15) is 0 Å². The number of furan rings is 1. The topological polar surface area (TPSA) is 69.1 Å². The number of nitrogen functional groups attached to an aromatic ring is 1. The van der Waals surface area contributed by atoms with Crippen LogP contribution in [-0.4, -0.2) is 11.3 Å². The summed E-state index contributed by atoms with van der Waals surface area (Å²) in [5.41, 5.74) is 6.05. The molecule has 0 bridgehead atoms. The van der Waals surface area contributed by atoms with E-state index in [1.807, 2.05) is 6.29 Å². The molecule has 14 heavy (non-hydrogen) atoms. The van der Waals surface area contributed by atoms with E-state index in [4.69, 9.17) is 10.2 Å². The summed E-state index contributed by atoms with van der Waals surface area (Å²) < 4.78 is 5.11. The molecule has 2 aromatic heterocycles. The SMILES string of the molecule is Nc1nc(C([C]=O)c2ccco2)cs1. The van der Waals surface area contributed by atoms with Gasteiger partial charge in [0.15, 0.2) is 5.13 Å². The second-order valence-corrected chi connectivity index (χ2v) is 3.57. The summed E-state index contributed by atoms with van der Waals surface area (Å²) >= 11 is 1.29. The Hall–Kier alpha value is -1.62. The zero-order valence-corrected chi connectivity index (χ0v) is 7.95. The summed E-state index contributed by atoms with van der Waals surface area (Å²) in [7, 11) is 0. The minimum absolute atomic E-state index is 0.437. The van der Waals surface area contributed by atoms with E-state index in [2.05, 4.69) is 4.98 Å². The standard InChI is InChI=1S/C9H7N2O2S/c10-9-11-7(5-14-9)6(4-12)8-2-1-3-13-8/h1-3,5-6H,(H2,10,11). The minimum atomic E-state index is -0.571. The van der Waals surface area contributed by atoms with Gasteiger partial charge >= 0.3 is 0 Å². The molecule has 0 amide bonds. The van der Waals surface area contributed by atoms with Gasteiger partial charge in [0.25, 0.3) is 0 Å². The highest BCUT2D eigenvalue weighted by Crippen LogP contribution is 2.25. The molecule has 1 radical (unpaired) electrons. The van der Waals surface area contributed by atoms with E-state index in [1.54, 1.807) is 17.5 Å². The molecular weight excluding hydrogens is 200 g/mol. The number of rotatable bonds is 3. The zero-order chi connectivity index (χ0) is 9.97. The van der Waals surface area contributed by atoms with Crippen LogP contribution in [0.4, 0.5) is 5.13 Å². The lowest BCUT2D eigenvalue weighted by atomic mass is 10.1. The summed E-state index contributed by atoms with van der Waals surface area (Å²) in [6, 6.07) is 3.43. The molecule has 2 N–H and O–H groups in total. The van der Waals surface area contributed by atoms with E-state index < -0.39 is 5.92 Å². The highest BCUT2D eigenvalue weighted by molar-refractivity contribution is 7.13. The molecule has 0 saturated carbocycles. The fourth-order valence-electron chi connectivity index (χ4n) is 1.15. The largest absolute Gasteiger partial charge is 0.468 e. The molecule has 0 aliphatic heterocycles. The minimum Gasteiger partial charge on any atom is -0.468 e. The average molecular weight is 207 g/mol. The van der Waals surface area contributed by atoms with Crippen LogP contribution in [0.2, 0.25) is 0 Å². The second-order valence-electron chi connectivity index (χ2n) is 2.68. The molecule has 2 rings (SSSR count). The van der Waals surface area contributed by atoms with Crippen LogP contribution in [0.5, 0.6) is 0 Å². The van der Waals surface area contributed by atoms with Crippen molar-refractivity contribution in [1.82, 2.24) is 4.98 Å². The predicted molar refractivity (Wildman–Crippen MR) is 52.8 cm³/mol. The van der Waals surface area contributed by atoms with E-state index in [9.17, 15) is 4.79 Å². The highest BCUT2D eigenvalue weighted by atomic mass is 32.1. The molecule has 0 aliphatic rings. The van der Waals surface area contributed by atoms with Crippen LogP contribution >= 0.6 is 11.3 Å². The Morgan fingerprint density at radius 2 is 2.50 bits per heavy atom. The number of hydrogen-bond acceptors (Lipinski definition) is 5. The first-order valence-electron chi connectivity index (χ1n) is 3.93. The molecule has 1 atom stereocenters. The van der Waals surface area contributed by atoms with E-state index in [0.29, 0.717) is 16.6 Å². The Morgan fingerprint density at radius 1 is 1.64 bits per heavy atom. The lowest BCUT2D eigenvalue weighted by Gasteiger charge is -2.00. The molecular formula is C9H7N2O2S. The summed E-state index contributed by atoms with van der Waals surface area (Å²) in [6.45, 7) is 0. The van der Waals surface area contributed by atoms with Crippen LogP contribution in [0.3, 0.4) is 0 Å². The summed E-state index contributed by atoms with van der Waals surface area (Å²) in [5.74, 6) is -0.0381. The van der Waals surface area contributed by atoms with E-state index in [-0.39, 0.29) is 0 Å². The normalized spacial score (nSPS) is 12.6. The van der Waals surface area contributed by atoms with Crippen molar-refractivity contribution >= 4 is 22.8 Å². The molecule has 71 valence electrons. The third kappa shape index (κ3) is 1.54. The van der Waals surface area contributed by atoms with Crippen LogP contribution in [0.1, 0.15) is 17.4 Å². The van der Waals surface area contributed by atoms with Gasteiger partial charge in [-0.15, -0.1) is 11.3 Å². The monoisotopic (exact) mass is 207 g/mol. The van der Waals surface area contributed by atoms with Crippen LogP contribution in [0, 0.1) is 0 Å². The van der Waals surface area contributed by atoms with Crippen LogP contribution in [-0.2, 0) is 4.79 Å². The van der Waals surface area contributed by atoms with Crippen molar-refractivity contribution in [3.63, 3.8) is 0 Å². The first-order valence-corrected chi connectivity index (χ1v) is 4.81. The van der Waals surface area contributed by atoms with Gasteiger partial charge in [-0.3, -0.25) is 4.79 Å². The molecule has 2 heterocycles. The van der Waals surface area contributed by atoms with E-state index in [0.717, 1.165) is 0 Å². The Labute approximate surface area is 84.4 Å². The Kier molecular flexibility index (Phi) is 2.32. The number of anilines is 1. The summed E-state index contributed by atoms with van der Waals surface area (Å²) in [4.78, 5) is 14.8. The van der Waals surface area contributed by atoms with Crippen LogP contribution in [0.25, 0.3) is 0 Å². The summed E-state index contributed by atoms with van der Waals surface area (Å²) in [6.07, 6.45) is 3.39. The van der Waals surface area contributed by atoms with Crippen LogP contribution in [0.15, 0.2) is 28.2 Å². The number of hydrogen-bond donors (Lipinski definition) is 1. The Balaban J connectivity index is 2.35. The summed E-state index contributed by atoms with van der Waals surface area (Å²) in [5, 5.41) is 2.17. The van der Waals surface area contributed by atoms with Gasteiger partial charge in [0.2, 0.25) is 6.29 Å². The Bertz CT molecular complexity index is 422. The molecule has 5 heteroatoms. The van der Waals surface area contributed by atoms with Crippen molar-refractivity contribution in [2.45, 2.75) is 5.92 Å². The van der Waals surface area contributed by atoms with E-state index >= 15 is 0 Å². The van der Waals surface area contributed by atoms with Gasteiger partial charge in [-0.25, -0.2) is 4.98 Å². The fraction of sp³-hybridized carbons (Fsp3) is 0.111. The molecule has 0 aromatic carbocycles. The van der Waals surface area contributed by atoms with Gasteiger partial charge in [-0.1, -0.05) is 0 Å². The van der Waals surface area contributed by atoms with Crippen molar-refractivity contribution < 1.29 is 9.21 Å². The van der Waals surface area contributed by atoms with Crippen molar-refractivity contribution in [2.24, 2.45) is 0 Å². The molecule has 0 fully saturated rings. The van der Waals surface area contributed by atoms with Crippen molar-refractivity contribution in [1.29, 1.82) is 0 Å². The fourth-order valence-corrected chi connectivity index (χ4v) is 1.74. The van der Waals surface area contributed by atoms with Crippen molar-refractivity contribution in [2.75, 3.05) is 5.73 Å². The number of carbonyl (C=O) groups excluding carboxylic acids is 1. The number of nitrogens with zero attached hydrogens (tertiary/aromatic N) is 1.